The highest BCUT2D eigenvalue weighted by Crippen LogP contribution is 2.29. The Labute approximate surface area is 122 Å². The fraction of sp³-hybridized carbons (Fsp3) is 0.588. The molecule has 1 amide bonds. The maximum absolute atomic E-state index is 12.1. The summed E-state index contributed by atoms with van der Waals surface area (Å²) in [6, 6.07) is 7.76. The van der Waals surface area contributed by atoms with Crippen molar-refractivity contribution in [3.8, 4) is 0 Å². The molecule has 0 bridgehead atoms. The Balaban J connectivity index is 1.75. The first-order chi connectivity index (χ1) is 9.54. The van der Waals surface area contributed by atoms with E-state index in [4.69, 9.17) is 0 Å². The largest absolute Gasteiger partial charge is 0.325 e. The van der Waals surface area contributed by atoms with Gasteiger partial charge in [-0.05, 0) is 57.2 Å². The molecular weight excluding hydrogens is 248 g/mol. The summed E-state index contributed by atoms with van der Waals surface area (Å²) in [5, 5.41) is 6.32. The first kappa shape index (κ1) is 15.0. The predicted molar refractivity (Wildman–Crippen MR) is 83.8 cm³/mol. The number of hydrogen-bond acceptors (Lipinski definition) is 2. The number of amides is 1. The van der Waals surface area contributed by atoms with E-state index in [1.165, 1.54) is 24.8 Å². The lowest BCUT2D eigenvalue weighted by molar-refractivity contribution is -0.117. The highest BCUT2D eigenvalue weighted by molar-refractivity contribution is 5.94. The fourth-order valence-corrected chi connectivity index (χ4v) is 2.83. The summed E-state index contributed by atoms with van der Waals surface area (Å²) in [7, 11) is 0. The van der Waals surface area contributed by atoms with E-state index in [1.54, 1.807) is 0 Å². The van der Waals surface area contributed by atoms with E-state index in [0.29, 0.717) is 0 Å². The molecule has 20 heavy (non-hydrogen) atoms. The Hall–Kier alpha value is -1.35. The maximum atomic E-state index is 12.1. The molecule has 0 heterocycles. The number of carbonyl (C=O) groups excluding carboxylic acids is 1. The van der Waals surface area contributed by atoms with E-state index in [1.807, 2.05) is 38.1 Å². The summed E-state index contributed by atoms with van der Waals surface area (Å²) >= 11 is 0. The van der Waals surface area contributed by atoms with E-state index in [0.717, 1.165) is 24.1 Å². The molecule has 110 valence electrons. The van der Waals surface area contributed by atoms with Crippen LogP contribution in [0.5, 0.6) is 0 Å². The zero-order valence-electron chi connectivity index (χ0n) is 12.8. The van der Waals surface area contributed by atoms with Crippen LogP contribution in [0.3, 0.4) is 0 Å². The molecule has 3 atom stereocenters. The molecule has 0 spiro atoms. The van der Waals surface area contributed by atoms with Gasteiger partial charge in [-0.1, -0.05) is 31.0 Å². The van der Waals surface area contributed by atoms with Gasteiger partial charge in [0.1, 0.15) is 0 Å². The first-order valence-electron chi connectivity index (χ1n) is 7.65. The van der Waals surface area contributed by atoms with Gasteiger partial charge in [0.2, 0.25) is 5.91 Å². The fourth-order valence-electron chi connectivity index (χ4n) is 2.83. The third-order valence-corrected chi connectivity index (χ3v) is 4.23. The molecule has 3 unspecified atom stereocenters. The molecule has 2 rings (SSSR count). The summed E-state index contributed by atoms with van der Waals surface area (Å²) in [5.41, 5.74) is 2.06. The van der Waals surface area contributed by atoms with Gasteiger partial charge in [-0.15, -0.1) is 0 Å². The molecule has 0 radical (unpaired) electrons. The highest BCUT2D eigenvalue weighted by Gasteiger charge is 2.22. The molecule has 1 aromatic carbocycles. The Morgan fingerprint density at radius 2 is 2.00 bits per heavy atom. The average Bonchev–Trinajstić information content (AvgIpc) is 2.84. The Kier molecular flexibility index (Phi) is 5.18. The predicted octanol–water partition coefficient (Wildman–Crippen LogP) is 3.35. The van der Waals surface area contributed by atoms with E-state index >= 15 is 0 Å². The molecule has 0 aromatic heterocycles. The second-order valence-electron chi connectivity index (χ2n) is 6.27. The summed E-state index contributed by atoms with van der Waals surface area (Å²) in [5.74, 6) is 1.62. The molecule has 0 saturated heterocycles. The standard InChI is InChI=1S/C17H26N2O/c1-12-5-8-16(9-6-12)19-17(20)14(3)18-11-15-7-4-13(2)10-15/h5-6,8-9,13-15,18H,4,7,10-11H2,1-3H3,(H,19,20). The van der Waals surface area contributed by atoms with Crippen LogP contribution in [0.4, 0.5) is 5.69 Å². The minimum atomic E-state index is -0.146. The Bertz CT molecular complexity index is 441. The third kappa shape index (κ3) is 4.34. The lowest BCUT2D eigenvalue weighted by Crippen LogP contribution is -2.40. The van der Waals surface area contributed by atoms with Gasteiger partial charge in [-0.2, -0.15) is 0 Å². The third-order valence-electron chi connectivity index (χ3n) is 4.23. The van der Waals surface area contributed by atoms with Crippen molar-refractivity contribution >= 4 is 11.6 Å². The molecule has 1 aliphatic rings. The summed E-state index contributed by atoms with van der Waals surface area (Å²) < 4.78 is 0. The van der Waals surface area contributed by atoms with Crippen molar-refractivity contribution in [2.45, 2.75) is 46.1 Å². The van der Waals surface area contributed by atoms with Crippen molar-refractivity contribution in [2.24, 2.45) is 11.8 Å². The van der Waals surface area contributed by atoms with Gasteiger partial charge in [-0.3, -0.25) is 4.79 Å². The lowest BCUT2D eigenvalue weighted by atomic mass is 10.1. The number of benzene rings is 1. The normalized spacial score (nSPS) is 23.6. The molecule has 1 saturated carbocycles. The van der Waals surface area contributed by atoms with Crippen LogP contribution in [0.25, 0.3) is 0 Å². The number of anilines is 1. The minimum Gasteiger partial charge on any atom is -0.325 e. The average molecular weight is 274 g/mol. The van der Waals surface area contributed by atoms with E-state index in [2.05, 4.69) is 17.6 Å². The van der Waals surface area contributed by atoms with Crippen molar-refractivity contribution in [1.29, 1.82) is 0 Å². The van der Waals surface area contributed by atoms with Gasteiger partial charge < -0.3 is 10.6 Å². The van der Waals surface area contributed by atoms with Crippen molar-refractivity contribution < 1.29 is 4.79 Å². The zero-order chi connectivity index (χ0) is 14.5. The Morgan fingerprint density at radius 3 is 2.60 bits per heavy atom. The van der Waals surface area contributed by atoms with Crippen LogP contribution in [0, 0.1) is 18.8 Å². The van der Waals surface area contributed by atoms with Gasteiger partial charge in [0.15, 0.2) is 0 Å². The van der Waals surface area contributed by atoms with Crippen molar-refractivity contribution in [3.63, 3.8) is 0 Å². The van der Waals surface area contributed by atoms with E-state index < -0.39 is 0 Å². The van der Waals surface area contributed by atoms with E-state index in [-0.39, 0.29) is 11.9 Å². The first-order valence-corrected chi connectivity index (χ1v) is 7.65. The number of aryl methyl sites for hydroxylation is 1. The minimum absolute atomic E-state index is 0.0416. The molecule has 3 heteroatoms. The monoisotopic (exact) mass is 274 g/mol. The second-order valence-corrected chi connectivity index (χ2v) is 6.27. The van der Waals surface area contributed by atoms with Gasteiger partial charge >= 0.3 is 0 Å². The smallest absolute Gasteiger partial charge is 0.241 e. The Morgan fingerprint density at radius 1 is 1.30 bits per heavy atom. The van der Waals surface area contributed by atoms with Crippen LogP contribution in [0.2, 0.25) is 0 Å². The van der Waals surface area contributed by atoms with Crippen LogP contribution in [0.15, 0.2) is 24.3 Å². The molecule has 2 N–H and O–H groups in total. The zero-order valence-corrected chi connectivity index (χ0v) is 12.8. The van der Waals surface area contributed by atoms with Gasteiger partial charge in [0, 0.05) is 5.69 Å². The number of hydrogen-bond donors (Lipinski definition) is 2. The number of rotatable bonds is 5. The topological polar surface area (TPSA) is 41.1 Å². The van der Waals surface area contributed by atoms with Crippen molar-refractivity contribution in [3.05, 3.63) is 29.8 Å². The van der Waals surface area contributed by atoms with Crippen LogP contribution < -0.4 is 10.6 Å². The summed E-state index contributed by atoms with van der Waals surface area (Å²) in [6.45, 7) is 7.24. The highest BCUT2D eigenvalue weighted by atomic mass is 16.2. The van der Waals surface area contributed by atoms with Crippen molar-refractivity contribution in [2.75, 3.05) is 11.9 Å². The maximum Gasteiger partial charge on any atom is 0.241 e. The molecule has 0 aliphatic heterocycles. The molecule has 1 fully saturated rings. The molecule has 1 aliphatic carbocycles. The van der Waals surface area contributed by atoms with E-state index in [9.17, 15) is 4.79 Å². The SMILES string of the molecule is Cc1ccc(NC(=O)C(C)NCC2CCC(C)C2)cc1. The summed E-state index contributed by atoms with van der Waals surface area (Å²) in [4.78, 5) is 12.1. The second kappa shape index (κ2) is 6.89. The van der Waals surface area contributed by atoms with Crippen LogP contribution in [-0.2, 0) is 4.79 Å². The van der Waals surface area contributed by atoms with Gasteiger partial charge in [0.05, 0.1) is 6.04 Å². The van der Waals surface area contributed by atoms with Crippen LogP contribution in [-0.4, -0.2) is 18.5 Å². The van der Waals surface area contributed by atoms with Crippen LogP contribution in [0.1, 0.15) is 38.7 Å². The van der Waals surface area contributed by atoms with Crippen molar-refractivity contribution in [1.82, 2.24) is 5.32 Å². The number of nitrogens with one attached hydrogen (secondary N) is 2. The van der Waals surface area contributed by atoms with Crippen LogP contribution >= 0.6 is 0 Å². The quantitative estimate of drug-likeness (QED) is 0.864. The molecule has 3 nitrogen and oxygen atoms in total. The van der Waals surface area contributed by atoms with Gasteiger partial charge in [0.25, 0.3) is 0 Å². The summed E-state index contributed by atoms with van der Waals surface area (Å²) in [6.07, 6.45) is 3.91. The molecular formula is C17H26N2O. The lowest BCUT2D eigenvalue weighted by Gasteiger charge is -2.17. The van der Waals surface area contributed by atoms with Gasteiger partial charge in [-0.25, -0.2) is 0 Å². The number of carbonyl (C=O) groups is 1. The molecule has 1 aromatic rings.